The zero-order valence-corrected chi connectivity index (χ0v) is 8.37. The maximum Gasteiger partial charge on any atom is 0.133 e. The van der Waals surface area contributed by atoms with Gasteiger partial charge in [0.15, 0.2) is 0 Å². The first-order chi connectivity index (χ1) is 7.18. The molecule has 0 saturated carbocycles. The first-order valence-electron chi connectivity index (χ1n) is 4.65. The number of hydrogen-bond donors (Lipinski definition) is 1. The Morgan fingerprint density at radius 1 is 1.20 bits per heavy atom. The zero-order chi connectivity index (χ0) is 10.8. The van der Waals surface area contributed by atoms with Crippen molar-refractivity contribution < 1.29 is 4.39 Å². The molecular weight excluding hydrogens is 191 g/mol. The summed E-state index contributed by atoms with van der Waals surface area (Å²) in [7, 11) is 0. The molecule has 0 atom stereocenters. The molecule has 3 heteroatoms. The molecule has 0 saturated heterocycles. The van der Waals surface area contributed by atoms with E-state index in [2.05, 4.69) is 4.98 Å². The van der Waals surface area contributed by atoms with Gasteiger partial charge >= 0.3 is 0 Å². The van der Waals surface area contributed by atoms with E-state index in [0.717, 1.165) is 11.3 Å². The number of rotatable bonds is 1. The largest absolute Gasteiger partial charge is 0.399 e. The van der Waals surface area contributed by atoms with Gasteiger partial charge in [0.05, 0.1) is 0 Å². The van der Waals surface area contributed by atoms with Gasteiger partial charge in [0.1, 0.15) is 5.82 Å². The number of anilines is 1. The monoisotopic (exact) mass is 202 g/mol. The minimum absolute atomic E-state index is 0.314. The van der Waals surface area contributed by atoms with E-state index in [-0.39, 0.29) is 5.82 Å². The molecule has 0 fully saturated rings. The molecule has 1 aromatic carbocycles. The number of nitrogens with zero attached hydrogens (tertiary/aromatic N) is 1. The second kappa shape index (κ2) is 3.69. The van der Waals surface area contributed by atoms with Gasteiger partial charge in [0, 0.05) is 28.7 Å². The summed E-state index contributed by atoms with van der Waals surface area (Å²) < 4.78 is 13.6. The van der Waals surface area contributed by atoms with Crippen molar-refractivity contribution in [2.24, 2.45) is 0 Å². The first-order valence-corrected chi connectivity index (χ1v) is 4.65. The van der Waals surface area contributed by atoms with Crippen LogP contribution < -0.4 is 5.73 Å². The molecule has 2 N–H and O–H groups in total. The molecule has 2 aromatic rings. The minimum atomic E-state index is -0.314. The fourth-order valence-electron chi connectivity index (χ4n) is 1.52. The summed E-state index contributed by atoms with van der Waals surface area (Å²) in [5.74, 6) is -0.314. The van der Waals surface area contributed by atoms with Crippen LogP contribution >= 0.6 is 0 Å². The van der Waals surface area contributed by atoms with E-state index >= 15 is 0 Å². The average Bonchev–Trinajstić information content (AvgIpc) is 2.20. The Labute approximate surface area is 87.6 Å². The van der Waals surface area contributed by atoms with Gasteiger partial charge < -0.3 is 5.73 Å². The van der Waals surface area contributed by atoms with E-state index in [9.17, 15) is 4.39 Å². The van der Waals surface area contributed by atoms with Crippen LogP contribution in [0.15, 0.2) is 36.5 Å². The molecule has 2 rings (SSSR count). The molecule has 0 amide bonds. The number of nitrogens with two attached hydrogens (primary N) is 1. The Hall–Kier alpha value is -1.90. The van der Waals surface area contributed by atoms with Crippen LogP contribution in [0.4, 0.5) is 10.1 Å². The highest BCUT2D eigenvalue weighted by Crippen LogP contribution is 2.25. The summed E-state index contributed by atoms with van der Waals surface area (Å²) >= 11 is 0. The first kappa shape index (κ1) is 9.65. The van der Waals surface area contributed by atoms with Crippen molar-refractivity contribution in [1.82, 2.24) is 4.98 Å². The Kier molecular flexibility index (Phi) is 2.37. The SMILES string of the molecule is Cc1ncccc1-c1ccc(N)cc1F. The van der Waals surface area contributed by atoms with Crippen LogP contribution in [0.5, 0.6) is 0 Å². The molecule has 0 bridgehead atoms. The third kappa shape index (κ3) is 1.81. The Balaban J connectivity index is 2.60. The van der Waals surface area contributed by atoms with Gasteiger partial charge in [-0.05, 0) is 31.2 Å². The average molecular weight is 202 g/mol. The Morgan fingerprint density at radius 2 is 2.00 bits per heavy atom. The smallest absolute Gasteiger partial charge is 0.133 e. The van der Waals surface area contributed by atoms with Crippen molar-refractivity contribution >= 4 is 5.69 Å². The molecular formula is C12H11FN2. The summed E-state index contributed by atoms with van der Waals surface area (Å²) in [4.78, 5) is 4.12. The summed E-state index contributed by atoms with van der Waals surface area (Å²) in [5.41, 5.74) is 8.06. The second-order valence-electron chi connectivity index (χ2n) is 3.38. The third-order valence-corrected chi connectivity index (χ3v) is 2.29. The van der Waals surface area contributed by atoms with Crippen molar-refractivity contribution in [2.75, 3.05) is 5.73 Å². The molecule has 76 valence electrons. The van der Waals surface area contributed by atoms with Gasteiger partial charge in [0.25, 0.3) is 0 Å². The molecule has 1 aromatic heterocycles. The maximum atomic E-state index is 13.6. The van der Waals surface area contributed by atoms with Gasteiger partial charge in [-0.1, -0.05) is 6.07 Å². The predicted octanol–water partition coefficient (Wildman–Crippen LogP) is 2.78. The molecule has 2 nitrogen and oxygen atoms in total. The predicted molar refractivity (Wildman–Crippen MR) is 58.8 cm³/mol. The van der Waals surface area contributed by atoms with Crippen molar-refractivity contribution in [3.05, 3.63) is 48.0 Å². The fourth-order valence-corrected chi connectivity index (χ4v) is 1.52. The highest BCUT2D eigenvalue weighted by molar-refractivity contribution is 5.68. The number of aryl methyl sites for hydroxylation is 1. The van der Waals surface area contributed by atoms with Crippen LogP contribution in [0.25, 0.3) is 11.1 Å². The number of hydrogen-bond acceptors (Lipinski definition) is 2. The van der Waals surface area contributed by atoms with E-state index in [0.29, 0.717) is 11.3 Å². The Morgan fingerprint density at radius 3 is 2.67 bits per heavy atom. The molecule has 15 heavy (non-hydrogen) atoms. The summed E-state index contributed by atoms with van der Waals surface area (Å²) in [6, 6.07) is 8.32. The molecule has 0 unspecified atom stereocenters. The fraction of sp³-hybridized carbons (Fsp3) is 0.0833. The number of pyridine rings is 1. The van der Waals surface area contributed by atoms with Crippen LogP contribution in [0.3, 0.4) is 0 Å². The molecule has 0 spiro atoms. The van der Waals surface area contributed by atoms with Crippen molar-refractivity contribution in [1.29, 1.82) is 0 Å². The van der Waals surface area contributed by atoms with Gasteiger partial charge in [-0.2, -0.15) is 0 Å². The highest BCUT2D eigenvalue weighted by Gasteiger charge is 2.07. The molecule has 0 aliphatic rings. The van der Waals surface area contributed by atoms with Crippen LogP contribution in [0, 0.1) is 12.7 Å². The van der Waals surface area contributed by atoms with E-state index in [1.807, 2.05) is 13.0 Å². The maximum absolute atomic E-state index is 13.6. The molecule has 0 aliphatic carbocycles. The van der Waals surface area contributed by atoms with Crippen LogP contribution in [-0.4, -0.2) is 4.98 Å². The van der Waals surface area contributed by atoms with Crippen LogP contribution in [0.2, 0.25) is 0 Å². The number of halogens is 1. The summed E-state index contributed by atoms with van der Waals surface area (Å²) in [6.45, 7) is 1.85. The van der Waals surface area contributed by atoms with Gasteiger partial charge in [-0.3, -0.25) is 4.98 Å². The van der Waals surface area contributed by atoms with Crippen molar-refractivity contribution in [3.8, 4) is 11.1 Å². The lowest BCUT2D eigenvalue weighted by atomic mass is 10.0. The second-order valence-corrected chi connectivity index (χ2v) is 3.38. The molecule has 1 heterocycles. The third-order valence-electron chi connectivity index (χ3n) is 2.29. The molecule has 0 aliphatic heterocycles. The van der Waals surface area contributed by atoms with Crippen molar-refractivity contribution in [3.63, 3.8) is 0 Å². The summed E-state index contributed by atoms with van der Waals surface area (Å²) in [5, 5.41) is 0. The van der Waals surface area contributed by atoms with Gasteiger partial charge in [-0.15, -0.1) is 0 Å². The molecule has 0 radical (unpaired) electrons. The van der Waals surface area contributed by atoms with Crippen LogP contribution in [0.1, 0.15) is 5.69 Å². The highest BCUT2D eigenvalue weighted by atomic mass is 19.1. The normalized spacial score (nSPS) is 10.3. The number of nitrogen functional groups attached to an aromatic ring is 1. The van der Waals surface area contributed by atoms with Crippen molar-refractivity contribution in [2.45, 2.75) is 6.92 Å². The van der Waals surface area contributed by atoms with E-state index in [1.54, 1.807) is 24.4 Å². The van der Waals surface area contributed by atoms with Gasteiger partial charge in [0.2, 0.25) is 0 Å². The number of aromatic nitrogens is 1. The van der Waals surface area contributed by atoms with E-state index in [1.165, 1.54) is 6.07 Å². The number of benzene rings is 1. The Bertz CT molecular complexity index is 495. The van der Waals surface area contributed by atoms with E-state index < -0.39 is 0 Å². The lowest BCUT2D eigenvalue weighted by Crippen LogP contribution is -1.92. The quantitative estimate of drug-likeness (QED) is 0.722. The zero-order valence-electron chi connectivity index (χ0n) is 8.37. The van der Waals surface area contributed by atoms with Crippen LogP contribution in [-0.2, 0) is 0 Å². The summed E-state index contributed by atoms with van der Waals surface area (Å²) in [6.07, 6.45) is 1.69. The standard InChI is InChI=1S/C12H11FN2/c1-8-10(3-2-6-15-8)11-5-4-9(14)7-12(11)13/h2-7H,14H2,1H3. The van der Waals surface area contributed by atoms with Gasteiger partial charge in [-0.25, -0.2) is 4.39 Å². The van der Waals surface area contributed by atoms with E-state index in [4.69, 9.17) is 5.73 Å². The lowest BCUT2D eigenvalue weighted by molar-refractivity contribution is 0.632. The minimum Gasteiger partial charge on any atom is -0.399 e. The topological polar surface area (TPSA) is 38.9 Å². The lowest BCUT2D eigenvalue weighted by Gasteiger charge is -2.06.